The van der Waals surface area contributed by atoms with E-state index >= 15 is 0 Å². The van der Waals surface area contributed by atoms with E-state index in [1.807, 2.05) is 32.5 Å². The zero-order valence-corrected chi connectivity index (χ0v) is 8.33. The van der Waals surface area contributed by atoms with Crippen LogP contribution in [0.3, 0.4) is 0 Å². The average molecular weight is 170 g/mol. The molecule has 0 aliphatic rings. The molecule has 1 aromatic rings. The van der Waals surface area contributed by atoms with Gasteiger partial charge in [-0.3, -0.25) is 0 Å². The van der Waals surface area contributed by atoms with Gasteiger partial charge in [0.25, 0.3) is 0 Å². The standard InChI is InChI=1S/C6H12N4.C2H6/c1-7-4-3-6-9-8-5-10(6)2;1-2/h5,7H,3-4H2,1-2H3;1-2H3. The number of hydrogen-bond donors (Lipinski definition) is 1. The SMILES string of the molecule is CC.CNCCc1nncn1C. The molecule has 0 saturated carbocycles. The van der Waals surface area contributed by atoms with Crippen molar-refractivity contribution in [2.75, 3.05) is 13.6 Å². The molecule has 0 bridgehead atoms. The monoisotopic (exact) mass is 170 g/mol. The molecule has 1 N–H and O–H groups in total. The number of nitrogens with one attached hydrogen (secondary N) is 1. The van der Waals surface area contributed by atoms with E-state index in [-0.39, 0.29) is 0 Å². The molecule has 4 nitrogen and oxygen atoms in total. The first-order valence-electron chi connectivity index (χ1n) is 4.32. The number of aromatic nitrogens is 3. The van der Waals surface area contributed by atoms with Crippen molar-refractivity contribution in [1.82, 2.24) is 20.1 Å². The molecule has 1 heterocycles. The Bertz CT molecular complexity index is 195. The zero-order chi connectivity index (χ0) is 9.40. The van der Waals surface area contributed by atoms with Gasteiger partial charge >= 0.3 is 0 Å². The van der Waals surface area contributed by atoms with Gasteiger partial charge in [-0.15, -0.1) is 10.2 Å². The number of rotatable bonds is 3. The van der Waals surface area contributed by atoms with Crippen molar-refractivity contribution < 1.29 is 0 Å². The van der Waals surface area contributed by atoms with Crippen LogP contribution in [0, 0.1) is 0 Å². The van der Waals surface area contributed by atoms with Gasteiger partial charge in [0.15, 0.2) is 0 Å². The predicted molar refractivity (Wildman–Crippen MR) is 50.0 cm³/mol. The highest BCUT2D eigenvalue weighted by Crippen LogP contribution is 1.90. The Morgan fingerprint density at radius 1 is 1.50 bits per heavy atom. The van der Waals surface area contributed by atoms with Gasteiger partial charge in [-0.1, -0.05) is 13.8 Å². The zero-order valence-electron chi connectivity index (χ0n) is 8.33. The van der Waals surface area contributed by atoms with E-state index in [0.717, 1.165) is 18.8 Å². The van der Waals surface area contributed by atoms with Crippen molar-refractivity contribution in [2.45, 2.75) is 20.3 Å². The summed E-state index contributed by atoms with van der Waals surface area (Å²) in [7, 11) is 3.88. The first-order chi connectivity index (χ1) is 5.84. The molecule has 0 atom stereocenters. The van der Waals surface area contributed by atoms with Crippen LogP contribution in [0.5, 0.6) is 0 Å². The Kier molecular flexibility index (Phi) is 6.28. The lowest BCUT2D eigenvalue weighted by atomic mass is 10.4. The molecule has 0 amide bonds. The van der Waals surface area contributed by atoms with E-state index in [1.54, 1.807) is 6.33 Å². The maximum absolute atomic E-state index is 3.93. The molecule has 0 radical (unpaired) electrons. The van der Waals surface area contributed by atoms with E-state index < -0.39 is 0 Å². The second-order valence-electron chi connectivity index (χ2n) is 2.21. The Morgan fingerprint density at radius 3 is 2.58 bits per heavy atom. The molecule has 0 aliphatic heterocycles. The van der Waals surface area contributed by atoms with Crippen LogP contribution < -0.4 is 5.32 Å². The van der Waals surface area contributed by atoms with Crippen molar-refractivity contribution >= 4 is 0 Å². The van der Waals surface area contributed by atoms with Gasteiger partial charge in [-0.2, -0.15) is 0 Å². The summed E-state index contributed by atoms with van der Waals surface area (Å²) >= 11 is 0. The second kappa shape index (κ2) is 6.79. The number of nitrogens with zero attached hydrogens (tertiary/aromatic N) is 3. The normalized spacial score (nSPS) is 9.00. The van der Waals surface area contributed by atoms with Crippen LogP contribution in [-0.2, 0) is 13.5 Å². The Hall–Kier alpha value is -0.900. The van der Waals surface area contributed by atoms with Gasteiger partial charge in [0.05, 0.1) is 0 Å². The van der Waals surface area contributed by atoms with E-state index in [2.05, 4.69) is 15.5 Å². The smallest absolute Gasteiger partial charge is 0.133 e. The summed E-state index contributed by atoms with van der Waals surface area (Å²) in [5.74, 6) is 1.02. The average Bonchev–Trinajstić information content (AvgIpc) is 2.51. The highest BCUT2D eigenvalue weighted by molar-refractivity contribution is 4.84. The molecule has 1 rings (SSSR count). The number of aryl methyl sites for hydroxylation is 1. The van der Waals surface area contributed by atoms with Crippen LogP contribution in [0.1, 0.15) is 19.7 Å². The summed E-state index contributed by atoms with van der Waals surface area (Å²) in [5.41, 5.74) is 0. The molecule has 1 aromatic heterocycles. The van der Waals surface area contributed by atoms with E-state index in [1.165, 1.54) is 0 Å². The first-order valence-corrected chi connectivity index (χ1v) is 4.32. The van der Waals surface area contributed by atoms with Crippen LogP contribution in [0.2, 0.25) is 0 Å². The molecular weight excluding hydrogens is 152 g/mol. The summed E-state index contributed by atoms with van der Waals surface area (Å²) in [5, 5.41) is 10.7. The van der Waals surface area contributed by atoms with Gasteiger partial charge in [0.1, 0.15) is 12.2 Å². The Morgan fingerprint density at radius 2 is 2.17 bits per heavy atom. The van der Waals surface area contributed by atoms with E-state index in [0.29, 0.717) is 0 Å². The van der Waals surface area contributed by atoms with E-state index in [4.69, 9.17) is 0 Å². The fourth-order valence-electron chi connectivity index (χ4n) is 0.770. The topological polar surface area (TPSA) is 42.7 Å². The Labute approximate surface area is 74.0 Å². The Balaban J connectivity index is 0.000000561. The molecule has 0 saturated heterocycles. The van der Waals surface area contributed by atoms with Crippen LogP contribution in [0.4, 0.5) is 0 Å². The van der Waals surface area contributed by atoms with Crippen molar-refractivity contribution in [2.24, 2.45) is 7.05 Å². The highest BCUT2D eigenvalue weighted by atomic mass is 15.2. The van der Waals surface area contributed by atoms with Crippen LogP contribution in [-0.4, -0.2) is 28.4 Å². The molecule has 0 aliphatic carbocycles. The fourth-order valence-corrected chi connectivity index (χ4v) is 0.770. The third-order valence-electron chi connectivity index (χ3n) is 1.40. The van der Waals surface area contributed by atoms with Crippen molar-refractivity contribution in [3.8, 4) is 0 Å². The minimum absolute atomic E-state index is 0.938. The van der Waals surface area contributed by atoms with Gasteiger partial charge in [0, 0.05) is 20.0 Å². The minimum atomic E-state index is 0.938. The summed E-state index contributed by atoms with van der Waals surface area (Å²) in [4.78, 5) is 0. The fraction of sp³-hybridized carbons (Fsp3) is 0.750. The lowest BCUT2D eigenvalue weighted by Gasteiger charge is -1.97. The molecule has 0 aromatic carbocycles. The molecule has 0 fully saturated rings. The molecule has 4 heteroatoms. The van der Waals surface area contributed by atoms with Crippen molar-refractivity contribution in [3.63, 3.8) is 0 Å². The first kappa shape index (κ1) is 11.1. The summed E-state index contributed by atoms with van der Waals surface area (Å²) in [6.07, 6.45) is 2.65. The molecule has 70 valence electrons. The van der Waals surface area contributed by atoms with Gasteiger partial charge in [-0.05, 0) is 7.05 Å². The largest absolute Gasteiger partial charge is 0.321 e. The summed E-state index contributed by atoms with van der Waals surface area (Å²) < 4.78 is 1.93. The third kappa shape index (κ3) is 3.48. The maximum atomic E-state index is 3.93. The molecule has 0 unspecified atom stereocenters. The van der Waals surface area contributed by atoms with Gasteiger partial charge in [-0.25, -0.2) is 0 Å². The predicted octanol–water partition coefficient (Wildman–Crippen LogP) is 0.603. The van der Waals surface area contributed by atoms with Gasteiger partial charge < -0.3 is 9.88 Å². The van der Waals surface area contributed by atoms with Crippen LogP contribution in [0.25, 0.3) is 0 Å². The van der Waals surface area contributed by atoms with Crippen LogP contribution in [0.15, 0.2) is 6.33 Å². The quantitative estimate of drug-likeness (QED) is 0.722. The number of hydrogen-bond acceptors (Lipinski definition) is 3. The van der Waals surface area contributed by atoms with Crippen LogP contribution >= 0.6 is 0 Å². The minimum Gasteiger partial charge on any atom is -0.321 e. The third-order valence-corrected chi connectivity index (χ3v) is 1.40. The van der Waals surface area contributed by atoms with Crippen molar-refractivity contribution in [1.29, 1.82) is 0 Å². The maximum Gasteiger partial charge on any atom is 0.133 e. The summed E-state index contributed by atoms with van der Waals surface area (Å²) in [6.45, 7) is 4.95. The van der Waals surface area contributed by atoms with E-state index in [9.17, 15) is 0 Å². The summed E-state index contributed by atoms with van der Waals surface area (Å²) in [6, 6.07) is 0. The highest BCUT2D eigenvalue weighted by Gasteiger charge is 1.96. The molecule has 12 heavy (non-hydrogen) atoms. The van der Waals surface area contributed by atoms with Gasteiger partial charge in [0.2, 0.25) is 0 Å². The number of likely N-dealkylation sites (N-methyl/N-ethyl adjacent to an activating group) is 1. The lowest BCUT2D eigenvalue weighted by molar-refractivity contribution is 0.716. The molecule has 0 spiro atoms. The lowest BCUT2D eigenvalue weighted by Crippen LogP contribution is -2.12. The van der Waals surface area contributed by atoms with Crippen molar-refractivity contribution in [3.05, 3.63) is 12.2 Å². The second-order valence-corrected chi connectivity index (χ2v) is 2.21. The molecular formula is C8H18N4.